The Morgan fingerprint density at radius 1 is 1.36 bits per heavy atom. The molecule has 2 aromatic rings. The lowest BCUT2D eigenvalue weighted by Gasteiger charge is -2.06. The highest BCUT2D eigenvalue weighted by atomic mass is 16.5. The molecule has 3 nitrogen and oxygen atoms in total. The maximum absolute atomic E-state index is 5.56. The molecular weight excluding hydrogens is 178 g/mol. The highest BCUT2D eigenvalue weighted by Gasteiger charge is 2.00. The van der Waals surface area contributed by atoms with Crippen LogP contribution >= 0.6 is 0 Å². The minimum atomic E-state index is 0.446. The van der Waals surface area contributed by atoms with Crippen LogP contribution < -0.4 is 4.74 Å². The lowest BCUT2D eigenvalue weighted by molar-refractivity contribution is 0.299. The van der Waals surface area contributed by atoms with Gasteiger partial charge in [-0.3, -0.25) is 0 Å². The van der Waals surface area contributed by atoms with Gasteiger partial charge in [0.1, 0.15) is 24.3 Å². The first-order chi connectivity index (χ1) is 6.86. The number of para-hydroxylation sites is 1. The third-order valence-corrected chi connectivity index (χ3v) is 1.95. The normalized spacial score (nSPS) is 10.1. The van der Waals surface area contributed by atoms with Crippen molar-refractivity contribution < 1.29 is 9.15 Å². The Hall–Kier alpha value is -1.77. The molecule has 0 saturated carbocycles. The van der Waals surface area contributed by atoms with Gasteiger partial charge in [-0.05, 0) is 18.6 Å². The predicted octanol–water partition coefficient (Wildman–Crippen LogP) is 2.56. The monoisotopic (exact) mass is 189 g/mol. The zero-order chi connectivity index (χ0) is 9.80. The Labute approximate surface area is 82.3 Å². The Balaban J connectivity index is 2.02. The molecule has 0 aliphatic carbocycles. The summed E-state index contributed by atoms with van der Waals surface area (Å²) < 4.78 is 10.4. The van der Waals surface area contributed by atoms with Gasteiger partial charge in [-0.1, -0.05) is 18.2 Å². The van der Waals surface area contributed by atoms with E-state index in [1.54, 1.807) is 6.26 Å². The highest BCUT2D eigenvalue weighted by molar-refractivity contribution is 5.31. The minimum Gasteiger partial charge on any atom is -0.487 e. The van der Waals surface area contributed by atoms with Crippen LogP contribution in [0.4, 0.5) is 0 Å². The van der Waals surface area contributed by atoms with Crippen LogP contribution in [0.25, 0.3) is 0 Å². The SMILES string of the molecule is Cc1ccccc1OCc1cocn1. The number of aryl methyl sites for hydroxylation is 1. The molecule has 0 spiro atoms. The van der Waals surface area contributed by atoms with Gasteiger partial charge in [0.15, 0.2) is 6.39 Å². The molecule has 0 radical (unpaired) electrons. The number of oxazole rings is 1. The van der Waals surface area contributed by atoms with Crippen molar-refractivity contribution in [2.45, 2.75) is 13.5 Å². The van der Waals surface area contributed by atoms with Crippen LogP contribution in [0.1, 0.15) is 11.3 Å². The fourth-order valence-electron chi connectivity index (χ4n) is 1.18. The second kappa shape index (κ2) is 3.96. The van der Waals surface area contributed by atoms with Crippen molar-refractivity contribution in [2.24, 2.45) is 0 Å². The maximum atomic E-state index is 5.56. The number of ether oxygens (including phenoxy) is 1. The second-order valence-corrected chi connectivity index (χ2v) is 3.03. The lowest BCUT2D eigenvalue weighted by Crippen LogP contribution is -1.96. The molecule has 0 unspecified atom stereocenters. The number of benzene rings is 1. The topological polar surface area (TPSA) is 35.3 Å². The average molecular weight is 189 g/mol. The van der Waals surface area contributed by atoms with Gasteiger partial charge >= 0.3 is 0 Å². The van der Waals surface area contributed by atoms with Crippen molar-refractivity contribution in [2.75, 3.05) is 0 Å². The molecule has 2 rings (SSSR count). The van der Waals surface area contributed by atoms with Gasteiger partial charge in [-0.15, -0.1) is 0 Å². The van der Waals surface area contributed by atoms with Crippen LogP contribution in [0.3, 0.4) is 0 Å². The van der Waals surface area contributed by atoms with Crippen molar-refractivity contribution in [1.82, 2.24) is 4.98 Å². The van der Waals surface area contributed by atoms with Crippen molar-refractivity contribution in [1.29, 1.82) is 0 Å². The zero-order valence-corrected chi connectivity index (χ0v) is 7.93. The first-order valence-electron chi connectivity index (χ1n) is 4.42. The number of hydrogen-bond donors (Lipinski definition) is 0. The van der Waals surface area contributed by atoms with E-state index in [1.165, 1.54) is 6.39 Å². The van der Waals surface area contributed by atoms with Crippen LogP contribution in [0.15, 0.2) is 41.3 Å². The maximum Gasteiger partial charge on any atom is 0.180 e. The van der Waals surface area contributed by atoms with Crippen molar-refractivity contribution in [3.05, 3.63) is 48.2 Å². The van der Waals surface area contributed by atoms with Gasteiger partial charge in [-0.25, -0.2) is 4.98 Å². The molecule has 3 heteroatoms. The van der Waals surface area contributed by atoms with Crippen molar-refractivity contribution >= 4 is 0 Å². The van der Waals surface area contributed by atoms with Gasteiger partial charge in [0.05, 0.1) is 0 Å². The second-order valence-electron chi connectivity index (χ2n) is 3.03. The Kier molecular flexibility index (Phi) is 2.49. The number of hydrogen-bond acceptors (Lipinski definition) is 3. The fraction of sp³-hybridized carbons (Fsp3) is 0.182. The molecule has 1 heterocycles. The van der Waals surface area contributed by atoms with Crippen LogP contribution in [-0.4, -0.2) is 4.98 Å². The fourth-order valence-corrected chi connectivity index (χ4v) is 1.18. The van der Waals surface area contributed by atoms with E-state index < -0.39 is 0 Å². The van der Waals surface area contributed by atoms with E-state index in [0.29, 0.717) is 6.61 Å². The number of nitrogens with zero attached hydrogens (tertiary/aromatic N) is 1. The molecule has 0 saturated heterocycles. The van der Waals surface area contributed by atoms with Crippen molar-refractivity contribution in [3.8, 4) is 5.75 Å². The molecule has 0 N–H and O–H groups in total. The molecule has 0 fully saturated rings. The smallest absolute Gasteiger partial charge is 0.180 e. The summed E-state index contributed by atoms with van der Waals surface area (Å²) in [5.74, 6) is 0.885. The third kappa shape index (κ3) is 1.93. The minimum absolute atomic E-state index is 0.446. The predicted molar refractivity (Wildman–Crippen MR) is 52.0 cm³/mol. The highest BCUT2D eigenvalue weighted by Crippen LogP contribution is 2.17. The lowest BCUT2D eigenvalue weighted by atomic mass is 10.2. The van der Waals surface area contributed by atoms with Gasteiger partial charge in [0.25, 0.3) is 0 Å². The van der Waals surface area contributed by atoms with Crippen LogP contribution in [0.5, 0.6) is 5.75 Å². The van der Waals surface area contributed by atoms with E-state index in [0.717, 1.165) is 17.0 Å². The molecule has 14 heavy (non-hydrogen) atoms. The Morgan fingerprint density at radius 3 is 2.93 bits per heavy atom. The number of aromatic nitrogens is 1. The summed E-state index contributed by atoms with van der Waals surface area (Å²) >= 11 is 0. The van der Waals surface area contributed by atoms with Crippen LogP contribution in [0.2, 0.25) is 0 Å². The van der Waals surface area contributed by atoms with E-state index in [2.05, 4.69) is 4.98 Å². The summed E-state index contributed by atoms with van der Waals surface area (Å²) in [4.78, 5) is 3.97. The van der Waals surface area contributed by atoms with E-state index >= 15 is 0 Å². The molecular formula is C11H11NO2. The molecule has 0 aliphatic rings. The average Bonchev–Trinajstić information content (AvgIpc) is 2.69. The van der Waals surface area contributed by atoms with Gasteiger partial charge in [0.2, 0.25) is 0 Å². The third-order valence-electron chi connectivity index (χ3n) is 1.95. The molecule has 0 amide bonds. The molecule has 0 atom stereocenters. The number of rotatable bonds is 3. The van der Waals surface area contributed by atoms with Crippen molar-refractivity contribution in [3.63, 3.8) is 0 Å². The zero-order valence-electron chi connectivity index (χ0n) is 7.93. The van der Waals surface area contributed by atoms with Gasteiger partial charge in [0, 0.05) is 0 Å². The largest absolute Gasteiger partial charge is 0.487 e. The summed E-state index contributed by atoms with van der Waals surface area (Å²) in [5.41, 5.74) is 1.92. The van der Waals surface area contributed by atoms with E-state index in [4.69, 9.17) is 9.15 Å². The molecule has 0 aliphatic heterocycles. The van der Waals surface area contributed by atoms with E-state index in [-0.39, 0.29) is 0 Å². The Bertz CT molecular complexity index is 395. The van der Waals surface area contributed by atoms with E-state index in [1.807, 2.05) is 31.2 Å². The van der Waals surface area contributed by atoms with Gasteiger partial charge in [-0.2, -0.15) is 0 Å². The van der Waals surface area contributed by atoms with Gasteiger partial charge < -0.3 is 9.15 Å². The molecule has 1 aromatic carbocycles. The molecule has 1 aromatic heterocycles. The van der Waals surface area contributed by atoms with Crippen LogP contribution in [-0.2, 0) is 6.61 Å². The van der Waals surface area contributed by atoms with E-state index in [9.17, 15) is 0 Å². The first kappa shape index (κ1) is 8.81. The summed E-state index contributed by atoms with van der Waals surface area (Å²) in [6, 6.07) is 7.89. The standard InChI is InChI=1S/C11H11NO2/c1-9-4-2-3-5-11(9)14-7-10-6-13-8-12-10/h2-6,8H,7H2,1H3. The summed E-state index contributed by atoms with van der Waals surface area (Å²) in [6.45, 7) is 2.46. The Morgan fingerprint density at radius 2 is 2.21 bits per heavy atom. The summed E-state index contributed by atoms with van der Waals surface area (Å²) in [5, 5.41) is 0. The quantitative estimate of drug-likeness (QED) is 0.744. The summed E-state index contributed by atoms with van der Waals surface area (Å²) in [6.07, 6.45) is 2.98. The summed E-state index contributed by atoms with van der Waals surface area (Å²) in [7, 11) is 0. The first-order valence-corrected chi connectivity index (χ1v) is 4.42. The molecule has 72 valence electrons. The van der Waals surface area contributed by atoms with Crippen LogP contribution in [0, 0.1) is 6.92 Å². The molecule has 0 bridgehead atoms.